The molecule has 0 aliphatic rings. The van der Waals surface area contributed by atoms with Crippen molar-refractivity contribution in [2.24, 2.45) is 0 Å². The van der Waals surface area contributed by atoms with E-state index in [2.05, 4.69) is 9.97 Å². The standard InChI is InChI=1S/C16H11F4N3OS/c1-9-5-11(17)12(6-13(9)25-8-16(18,19)20)23-7-10-3-2-4-21-14(10)22-15(23)24/h2-7H,8H2,1H3. The zero-order chi connectivity index (χ0) is 18.2. The van der Waals surface area contributed by atoms with Gasteiger partial charge in [0.05, 0.1) is 11.4 Å². The van der Waals surface area contributed by atoms with E-state index >= 15 is 0 Å². The van der Waals surface area contributed by atoms with Gasteiger partial charge in [-0.3, -0.25) is 4.57 Å². The Hall–Kier alpha value is -2.42. The van der Waals surface area contributed by atoms with E-state index in [9.17, 15) is 22.4 Å². The first-order chi connectivity index (χ1) is 11.7. The molecule has 2 aromatic heterocycles. The quantitative estimate of drug-likeness (QED) is 0.519. The van der Waals surface area contributed by atoms with Crippen LogP contribution in [0.3, 0.4) is 0 Å². The van der Waals surface area contributed by atoms with Gasteiger partial charge in [-0.25, -0.2) is 14.2 Å². The second-order valence-corrected chi connectivity index (χ2v) is 6.30. The molecule has 4 nitrogen and oxygen atoms in total. The maximum atomic E-state index is 14.3. The summed E-state index contributed by atoms with van der Waals surface area (Å²) in [7, 11) is 0. The summed E-state index contributed by atoms with van der Waals surface area (Å²) < 4.78 is 52.6. The minimum Gasteiger partial charge on any atom is -0.264 e. The van der Waals surface area contributed by atoms with Gasteiger partial charge in [-0.05, 0) is 36.8 Å². The Morgan fingerprint density at radius 3 is 2.76 bits per heavy atom. The SMILES string of the molecule is Cc1cc(F)c(-n2cc3cccnc3nc2=O)cc1SCC(F)(F)F. The third-order valence-corrected chi connectivity index (χ3v) is 4.61. The average molecular weight is 369 g/mol. The maximum Gasteiger partial charge on any atom is 0.398 e. The van der Waals surface area contributed by atoms with Crippen LogP contribution in [0.2, 0.25) is 0 Å². The van der Waals surface area contributed by atoms with Crippen LogP contribution in [0.5, 0.6) is 0 Å². The number of halogens is 4. The van der Waals surface area contributed by atoms with Crippen molar-refractivity contribution < 1.29 is 17.6 Å². The largest absolute Gasteiger partial charge is 0.398 e. The molecule has 0 fully saturated rings. The summed E-state index contributed by atoms with van der Waals surface area (Å²) in [5.74, 6) is -1.82. The number of pyridine rings is 1. The first-order valence-electron chi connectivity index (χ1n) is 7.09. The molecule has 130 valence electrons. The predicted molar refractivity (Wildman–Crippen MR) is 86.6 cm³/mol. The molecule has 1 aromatic carbocycles. The maximum absolute atomic E-state index is 14.3. The van der Waals surface area contributed by atoms with Crippen LogP contribution < -0.4 is 5.69 Å². The third-order valence-electron chi connectivity index (χ3n) is 3.39. The van der Waals surface area contributed by atoms with E-state index < -0.39 is 23.4 Å². The van der Waals surface area contributed by atoms with Crippen LogP contribution in [0, 0.1) is 12.7 Å². The Bertz CT molecular complexity index is 1000. The lowest BCUT2D eigenvalue weighted by Crippen LogP contribution is -2.22. The first-order valence-corrected chi connectivity index (χ1v) is 8.08. The zero-order valence-corrected chi connectivity index (χ0v) is 13.7. The van der Waals surface area contributed by atoms with Crippen LogP contribution in [0.4, 0.5) is 17.6 Å². The lowest BCUT2D eigenvalue weighted by Gasteiger charge is -2.13. The fourth-order valence-corrected chi connectivity index (χ4v) is 3.06. The molecule has 3 aromatic rings. The topological polar surface area (TPSA) is 47.8 Å². The van der Waals surface area contributed by atoms with Gasteiger partial charge < -0.3 is 0 Å². The third kappa shape index (κ3) is 3.81. The molecule has 0 bridgehead atoms. The zero-order valence-electron chi connectivity index (χ0n) is 12.8. The molecule has 0 saturated heterocycles. The number of hydrogen-bond donors (Lipinski definition) is 0. The molecular weight excluding hydrogens is 358 g/mol. The number of alkyl halides is 3. The molecule has 0 aliphatic carbocycles. The van der Waals surface area contributed by atoms with E-state index in [1.165, 1.54) is 25.4 Å². The van der Waals surface area contributed by atoms with Gasteiger partial charge in [-0.2, -0.15) is 18.2 Å². The molecule has 25 heavy (non-hydrogen) atoms. The molecule has 0 amide bonds. The van der Waals surface area contributed by atoms with Crippen molar-refractivity contribution in [1.82, 2.24) is 14.5 Å². The summed E-state index contributed by atoms with van der Waals surface area (Å²) in [6, 6.07) is 5.62. The average Bonchev–Trinajstić information content (AvgIpc) is 2.53. The van der Waals surface area contributed by atoms with Crippen LogP contribution in [0.1, 0.15) is 5.56 Å². The molecular formula is C16H11F4N3OS. The van der Waals surface area contributed by atoms with Crippen molar-refractivity contribution in [1.29, 1.82) is 0 Å². The summed E-state index contributed by atoms with van der Waals surface area (Å²) >= 11 is 0.541. The van der Waals surface area contributed by atoms with Gasteiger partial charge in [-0.1, -0.05) is 0 Å². The molecule has 9 heteroatoms. The van der Waals surface area contributed by atoms with Crippen molar-refractivity contribution in [3.05, 3.63) is 58.5 Å². The second kappa shape index (κ2) is 6.47. The van der Waals surface area contributed by atoms with Gasteiger partial charge >= 0.3 is 11.9 Å². The van der Waals surface area contributed by atoms with Crippen LogP contribution in [-0.2, 0) is 0 Å². The summed E-state index contributed by atoms with van der Waals surface area (Å²) in [6.07, 6.45) is -1.51. The van der Waals surface area contributed by atoms with E-state index in [-0.39, 0.29) is 16.2 Å². The molecule has 3 rings (SSSR count). The number of benzene rings is 1. The molecule has 0 aliphatic heterocycles. The van der Waals surface area contributed by atoms with Gasteiger partial charge in [0.1, 0.15) is 5.82 Å². The van der Waals surface area contributed by atoms with E-state index in [4.69, 9.17) is 0 Å². The molecule has 0 atom stereocenters. The number of aryl methyl sites for hydroxylation is 1. The highest BCUT2D eigenvalue weighted by Gasteiger charge is 2.27. The molecule has 0 spiro atoms. The van der Waals surface area contributed by atoms with Gasteiger partial charge in [-0.15, -0.1) is 11.8 Å². The van der Waals surface area contributed by atoms with E-state index in [1.54, 1.807) is 12.1 Å². The highest BCUT2D eigenvalue weighted by Crippen LogP contribution is 2.31. The molecule has 0 saturated carbocycles. The fourth-order valence-electron chi connectivity index (χ4n) is 2.26. The number of nitrogens with zero attached hydrogens (tertiary/aromatic N) is 3. The number of hydrogen-bond acceptors (Lipinski definition) is 4. The van der Waals surface area contributed by atoms with Crippen molar-refractivity contribution >= 4 is 22.8 Å². The van der Waals surface area contributed by atoms with Gasteiger partial charge in [0.2, 0.25) is 0 Å². The Morgan fingerprint density at radius 1 is 1.28 bits per heavy atom. The van der Waals surface area contributed by atoms with Crippen molar-refractivity contribution in [2.75, 3.05) is 5.75 Å². The molecule has 0 unspecified atom stereocenters. The summed E-state index contributed by atoms with van der Waals surface area (Å²) in [5.41, 5.74) is -0.346. The van der Waals surface area contributed by atoms with Crippen LogP contribution >= 0.6 is 11.8 Å². The summed E-state index contributed by atoms with van der Waals surface area (Å²) in [5, 5.41) is 0.506. The van der Waals surface area contributed by atoms with E-state index in [1.807, 2.05) is 0 Å². The Kier molecular flexibility index (Phi) is 4.51. The van der Waals surface area contributed by atoms with Crippen LogP contribution in [-0.4, -0.2) is 26.5 Å². The van der Waals surface area contributed by atoms with E-state index in [0.29, 0.717) is 22.7 Å². The highest BCUT2D eigenvalue weighted by atomic mass is 32.2. The van der Waals surface area contributed by atoms with Crippen molar-refractivity contribution in [3.8, 4) is 5.69 Å². The predicted octanol–water partition coefficient (Wildman–Crippen LogP) is 3.88. The lowest BCUT2D eigenvalue weighted by atomic mass is 10.2. The smallest absolute Gasteiger partial charge is 0.264 e. The van der Waals surface area contributed by atoms with E-state index in [0.717, 1.165) is 10.6 Å². The molecule has 2 heterocycles. The number of rotatable bonds is 3. The Morgan fingerprint density at radius 2 is 2.04 bits per heavy atom. The Labute approximate surface area is 143 Å². The van der Waals surface area contributed by atoms with Gasteiger partial charge in [0, 0.05) is 22.7 Å². The fraction of sp³-hybridized carbons (Fsp3) is 0.188. The first kappa shape index (κ1) is 17.4. The molecule has 0 N–H and O–H groups in total. The Balaban J connectivity index is 2.10. The monoisotopic (exact) mass is 369 g/mol. The normalized spacial score (nSPS) is 11.9. The van der Waals surface area contributed by atoms with Crippen LogP contribution in [0.15, 0.2) is 46.3 Å². The summed E-state index contributed by atoms with van der Waals surface area (Å²) in [4.78, 5) is 20.1. The second-order valence-electron chi connectivity index (χ2n) is 5.28. The minimum absolute atomic E-state index is 0.154. The van der Waals surface area contributed by atoms with Gasteiger partial charge in [0.25, 0.3) is 0 Å². The highest BCUT2D eigenvalue weighted by molar-refractivity contribution is 7.99. The van der Waals surface area contributed by atoms with Crippen molar-refractivity contribution in [2.45, 2.75) is 18.0 Å². The number of thioether (sulfide) groups is 1. The number of aromatic nitrogens is 3. The number of fused-ring (bicyclic) bond motifs is 1. The van der Waals surface area contributed by atoms with Crippen molar-refractivity contribution in [3.63, 3.8) is 0 Å². The summed E-state index contributed by atoms with van der Waals surface area (Å²) in [6.45, 7) is 1.51. The van der Waals surface area contributed by atoms with Gasteiger partial charge in [0.15, 0.2) is 5.65 Å². The lowest BCUT2D eigenvalue weighted by molar-refractivity contribution is -0.105. The van der Waals surface area contributed by atoms with Crippen LogP contribution in [0.25, 0.3) is 16.7 Å². The molecule has 0 radical (unpaired) electrons. The minimum atomic E-state index is -4.35.